The van der Waals surface area contributed by atoms with Gasteiger partial charge in [0, 0.05) is 6.08 Å². The predicted octanol–water partition coefficient (Wildman–Crippen LogP) is 3.80. The van der Waals surface area contributed by atoms with Gasteiger partial charge in [-0.25, -0.2) is 13.2 Å². The van der Waals surface area contributed by atoms with Gasteiger partial charge in [0.2, 0.25) is 0 Å². The molecule has 0 aliphatic rings. The number of carbonyl (C=O) groups is 1. The Morgan fingerprint density at radius 2 is 1.80 bits per heavy atom. The van der Waals surface area contributed by atoms with Crippen molar-refractivity contribution in [2.45, 2.75) is 24.7 Å². The van der Waals surface area contributed by atoms with Crippen molar-refractivity contribution in [1.82, 2.24) is 0 Å². The maximum absolute atomic E-state index is 12.5. The highest BCUT2D eigenvalue weighted by Crippen LogP contribution is 2.26. The van der Waals surface area contributed by atoms with Gasteiger partial charge < -0.3 is 4.74 Å². The molecule has 0 aliphatic carbocycles. The molecule has 132 valence electrons. The van der Waals surface area contributed by atoms with E-state index in [2.05, 4.69) is 9.46 Å². The Morgan fingerprint density at radius 1 is 1.12 bits per heavy atom. The van der Waals surface area contributed by atoms with Gasteiger partial charge in [-0.05, 0) is 47.4 Å². The molecule has 0 unspecified atom stereocenters. The number of carbonyl (C=O) groups excluding carboxylic acids is 1. The minimum absolute atomic E-state index is 0.172. The van der Waals surface area contributed by atoms with Crippen LogP contribution in [-0.4, -0.2) is 21.5 Å². The van der Waals surface area contributed by atoms with Crippen LogP contribution in [0.1, 0.15) is 30.9 Å². The van der Waals surface area contributed by atoms with E-state index in [1.54, 1.807) is 30.3 Å². The molecule has 0 amide bonds. The summed E-state index contributed by atoms with van der Waals surface area (Å²) in [4.78, 5) is 11.5. The fourth-order valence-corrected chi connectivity index (χ4v) is 3.31. The summed E-state index contributed by atoms with van der Waals surface area (Å²) in [5.74, 6) is -0.239. The van der Waals surface area contributed by atoms with E-state index in [1.165, 1.54) is 25.3 Å². The molecule has 2 rings (SSSR count). The second kappa shape index (κ2) is 7.98. The van der Waals surface area contributed by atoms with Gasteiger partial charge in [0.1, 0.15) is 0 Å². The lowest BCUT2D eigenvalue weighted by Crippen LogP contribution is -2.13. The molecule has 0 aromatic heterocycles. The second-order valence-corrected chi connectivity index (χ2v) is 7.46. The van der Waals surface area contributed by atoms with Crippen molar-refractivity contribution >= 4 is 27.8 Å². The third-order valence-electron chi connectivity index (χ3n) is 3.64. The van der Waals surface area contributed by atoms with Crippen molar-refractivity contribution in [3.05, 3.63) is 65.7 Å². The molecule has 0 bridgehead atoms. The first-order valence-corrected chi connectivity index (χ1v) is 9.29. The Labute approximate surface area is 148 Å². The highest BCUT2D eigenvalue weighted by atomic mass is 32.2. The smallest absolute Gasteiger partial charge is 0.330 e. The molecule has 0 spiro atoms. The number of rotatable bonds is 6. The van der Waals surface area contributed by atoms with Crippen LogP contribution in [0.5, 0.6) is 0 Å². The standard InChI is InChI=1S/C19H21NO4S/c1-14(2)15-9-11-18(16(13-15)10-12-19(21)24-3)20-25(22,23)17-7-5-4-6-8-17/h4-14,20H,1-3H3. The summed E-state index contributed by atoms with van der Waals surface area (Å²) in [5, 5.41) is 0. The minimum atomic E-state index is -3.71. The normalized spacial score (nSPS) is 11.7. The lowest BCUT2D eigenvalue weighted by atomic mass is 9.99. The zero-order valence-corrected chi connectivity index (χ0v) is 15.2. The lowest BCUT2D eigenvalue weighted by Gasteiger charge is -2.14. The molecule has 25 heavy (non-hydrogen) atoms. The van der Waals surface area contributed by atoms with Gasteiger partial charge in [-0.3, -0.25) is 4.72 Å². The van der Waals surface area contributed by atoms with Gasteiger partial charge in [0.15, 0.2) is 0 Å². The van der Waals surface area contributed by atoms with Crippen LogP contribution in [-0.2, 0) is 19.6 Å². The van der Waals surface area contributed by atoms with Gasteiger partial charge in [-0.15, -0.1) is 0 Å². The van der Waals surface area contributed by atoms with E-state index in [9.17, 15) is 13.2 Å². The molecule has 0 radical (unpaired) electrons. The number of methoxy groups -OCH3 is 1. The molecule has 2 aromatic rings. The van der Waals surface area contributed by atoms with E-state index in [0.717, 1.165) is 5.56 Å². The fourth-order valence-electron chi connectivity index (χ4n) is 2.20. The van der Waals surface area contributed by atoms with E-state index >= 15 is 0 Å². The molecule has 0 saturated carbocycles. The molecule has 0 aliphatic heterocycles. The maximum Gasteiger partial charge on any atom is 0.330 e. The number of ether oxygens (including phenoxy) is 1. The number of hydrogen-bond donors (Lipinski definition) is 1. The molecule has 0 saturated heterocycles. The summed E-state index contributed by atoms with van der Waals surface area (Å²) < 4.78 is 32.3. The summed E-state index contributed by atoms with van der Waals surface area (Å²) in [5.41, 5.74) is 2.02. The molecule has 2 aromatic carbocycles. The van der Waals surface area contributed by atoms with Crippen molar-refractivity contribution < 1.29 is 17.9 Å². The largest absolute Gasteiger partial charge is 0.466 e. The van der Waals surface area contributed by atoms with Gasteiger partial charge in [-0.1, -0.05) is 38.1 Å². The highest BCUT2D eigenvalue weighted by molar-refractivity contribution is 7.92. The number of benzene rings is 2. The summed E-state index contributed by atoms with van der Waals surface area (Å²) in [6, 6.07) is 13.5. The Balaban J connectivity index is 2.42. The monoisotopic (exact) mass is 359 g/mol. The molecule has 0 atom stereocenters. The van der Waals surface area contributed by atoms with Gasteiger partial charge in [-0.2, -0.15) is 0 Å². The zero-order valence-electron chi connectivity index (χ0n) is 14.4. The van der Waals surface area contributed by atoms with Crippen LogP contribution in [0.3, 0.4) is 0 Å². The van der Waals surface area contributed by atoms with E-state index in [1.807, 2.05) is 26.0 Å². The van der Waals surface area contributed by atoms with Crippen LogP contribution >= 0.6 is 0 Å². The summed E-state index contributed by atoms with van der Waals surface area (Å²) in [6.45, 7) is 4.08. The molecule has 0 fully saturated rings. The Bertz CT molecular complexity index is 872. The van der Waals surface area contributed by atoms with Crippen LogP contribution in [0.2, 0.25) is 0 Å². The number of nitrogens with one attached hydrogen (secondary N) is 1. The molecule has 0 heterocycles. The number of esters is 1. The van der Waals surface area contributed by atoms with E-state index < -0.39 is 16.0 Å². The van der Waals surface area contributed by atoms with E-state index in [4.69, 9.17) is 0 Å². The average molecular weight is 359 g/mol. The maximum atomic E-state index is 12.5. The highest BCUT2D eigenvalue weighted by Gasteiger charge is 2.15. The Kier molecular flexibility index (Phi) is 5.98. The SMILES string of the molecule is COC(=O)C=Cc1cc(C(C)C)ccc1NS(=O)(=O)c1ccccc1. The third kappa shape index (κ3) is 4.93. The topological polar surface area (TPSA) is 72.5 Å². The summed E-state index contributed by atoms with van der Waals surface area (Å²) in [6.07, 6.45) is 2.81. The van der Waals surface area contributed by atoms with E-state index in [0.29, 0.717) is 11.3 Å². The zero-order chi connectivity index (χ0) is 18.4. The van der Waals surface area contributed by atoms with Gasteiger partial charge >= 0.3 is 5.97 Å². The number of anilines is 1. The Morgan fingerprint density at radius 3 is 2.40 bits per heavy atom. The molecule has 1 N–H and O–H groups in total. The lowest BCUT2D eigenvalue weighted by molar-refractivity contribution is -0.134. The fraction of sp³-hybridized carbons (Fsp3) is 0.211. The van der Waals surface area contributed by atoms with Crippen molar-refractivity contribution in [3.8, 4) is 0 Å². The second-order valence-electron chi connectivity index (χ2n) is 5.78. The van der Waals surface area contributed by atoms with Crippen LogP contribution in [0.15, 0.2) is 59.5 Å². The van der Waals surface area contributed by atoms with Gasteiger partial charge in [0.25, 0.3) is 10.0 Å². The van der Waals surface area contributed by atoms with Crippen LogP contribution in [0, 0.1) is 0 Å². The van der Waals surface area contributed by atoms with Crippen LogP contribution < -0.4 is 4.72 Å². The first kappa shape index (κ1) is 18.7. The van der Waals surface area contributed by atoms with Crippen molar-refractivity contribution in [2.75, 3.05) is 11.8 Å². The van der Waals surface area contributed by atoms with Crippen molar-refractivity contribution in [2.24, 2.45) is 0 Å². The van der Waals surface area contributed by atoms with Gasteiger partial charge in [0.05, 0.1) is 17.7 Å². The Hall–Kier alpha value is -2.60. The van der Waals surface area contributed by atoms with Crippen LogP contribution in [0.4, 0.5) is 5.69 Å². The molecule has 6 heteroatoms. The first-order valence-electron chi connectivity index (χ1n) is 7.81. The van der Waals surface area contributed by atoms with Crippen molar-refractivity contribution in [1.29, 1.82) is 0 Å². The summed E-state index contributed by atoms with van der Waals surface area (Å²) in [7, 11) is -2.43. The number of hydrogen-bond acceptors (Lipinski definition) is 4. The van der Waals surface area contributed by atoms with Crippen molar-refractivity contribution in [3.63, 3.8) is 0 Å². The minimum Gasteiger partial charge on any atom is -0.466 e. The van der Waals surface area contributed by atoms with Crippen LogP contribution in [0.25, 0.3) is 6.08 Å². The average Bonchev–Trinajstić information content (AvgIpc) is 2.60. The molecule has 5 nitrogen and oxygen atoms in total. The predicted molar refractivity (Wildman–Crippen MR) is 98.8 cm³/mol. The third-order valence-corrected chi connectivity index (χ3v) is 5.02. The summed E-state index contributed by atoms with van der Waals surface area (Å²) >= 11 is 0. The van der Waals surface area contributed by atoms with E-state index in [-0.39, 0.29) is 10.8 Å². The molecular weight excluding hydrogens is 338 g/mol. The quantitative estimate of drug-likeness (QED) is 0.629. The first-order chi connectivity index (χ1) is 11.8. The number of sulfonamides is 1. The molecular formula is C19H21NO4S.